The predicted octanol–water partition coefficient (Wildman–Crippen LogP) is 6.83. The number of benzene rings is 2. The van der Waals surface area contributed by atoms with Crippen molar-refractivity contribution in [1.82, 2.24) is 9.97 Å². The quantitative estimate of drug-likeness (QED) is 0.352. The second kappa shape index (κ2) is 6.61. The average molecular weight is 364 g/mol. The normalized spacial score (nSPS) is 11.5. The molecule has 0 N–H and O–H groups in total. The monoisotopic (exact) mass is 364 g/mol. The topological polar surface area (TPSA) is 38.9 Å². The number of hydrogen-bond acceptors (Lipinski definition) is 3. The molecule has 5 rings (SSSR count). The SMILES string of the molecule is CC(C)c1ccnc(-c2cccc3oc4ncc(-c5ccccc5)cc4c23)c1. The van der Waals surface area contributed by atoms with E-state index in [1.165, 1.54) is 5.56 Å². The third-order valence-electron chi connectivity index (χ3n) is 5.19. The van der Waals surface area contributed by atoms with Crippen molar-refractivity contribution in [2.45, 2.75) is 19.8 Å². The summed E-state index contributed by atoms with van der Waals surface area (Å²) in [5.41, 5.74) is 7.02. The van der Waals surface area contributed by atoms with Crippen LogP contribution in [-0.2, 0) is 0 Å². The molecular formula is C25H20N2O. The summed E-state index contributed by atoms with van der Waals surface area (Å²) >= 11 is 0. The second-order valence-corrected chi connectivity index (χ2v) is 7.35. The van der Waals surface area contributed by atoms with Crippen LogP contribution in [0.1, 0.15) is 25.3 Å². The molecule has 136 valence electrons. The second-order valence-electron chi connectivity index (χ2n) is 7.35. The third kappa shape index (κ3) is 2.76. The number of aromatic nitrogens is 2. The highest BCUT2D eigenvalue weighted by atomic mass is 16.3. The van der Waals surface area contributed by atoms with Crippen molar-refractivity contribution >= 4 is 22.1 Å². The maximum atomic E-state index is 6.04. The summed E-state index contributed by atoms with van der Waals surface area (Å²) in [6.07, 6.45) is 3.76. The zero-order chi connectivity index (χ0) is 19.1. The standard InChI is InChI=1S/C25H20N2O/c1-16(2)18-11-12-26-22(14-18)20-9-6-10-23-24(20)21-13-19(15-27-25(21)28-23)17-7-4-3-5-8-17/h3-16H,1-2H3. The van der Waals surface area contributed by atoms with Gasteiger partial charge in [0, 0.05) is 34.3 Å². The summed E-state index contributed by atoms with van der Waals surface area (Å²) in [6, 6.07) is 22.8. The molecule has 28 heavy (non-hydrogen) atoms. The van der Waals surface area contributed by atoms with Crippen LogP contribution in [0.5, 0.6) is 0 Å². The van der Waals surface area contributed by atoms with Crippen LogP contribution in [0.2, 0.25) is 0 Å². The van der Waals surface area contributed by atoms with Gasteiger partial charge in [-0.05, 0) is 41.3 Å². The van der Waals surface area contributed by atoms with Gasteiger partial charge in [0.15, 0.2) is 0 Å². The van der Waals surface area contributed by atoms with Gasteiger partial charge in [-0.1, -0.05) is 56.3 Å². The lowest BCUT2D eigenvalue weighted by molar-refractivity contribution is 0.654. The molecule has 3 nitrogen and oxygen atoms in total. The third-order valence-corrected chi connectivity index (χ3v) is 5.19. The minimum absolute atomic E-state index is 0.452. The highest BCUT2D eigenvalue weighted by Gasteiger charge is 2.15. The Bertz CT molecular complexity index is 1290. The van der Waals surface area contributed by atoms with E-state index in [-0.39, 0.29) is 0 Å². The van der Waals surface area contributed by atoms with Crippen LogP contribution in [0.3, 0.4) is 0 Å². The predicted molar refractivity (Wildman–Crippen MR) is 114 cm³/mol. The van der Waals surface area contributed by atoms with Gasteiger partial charge in [-0.25, -0.2) is 4.98 Å². The summed E-state index contributed by atoms with van der Waals surface area (Å²) in [4.78, 5) is 9.24. The lowest BCUT2D eigenvalue weighted by Gasteiger charge is -2.08. The van der Waals surface area contributed by atoms with E-state index in [9.17, 15) is 0 Å². The van der Waals surface area contributed by atoms with Gasteiger partial charge in [-0.2, -0.15) is 0 Å². The summed E-state index contributed by atoms with van der Waals surface area (Å²) in [5, 5.41) is 2.08. The van der Waals surface area contributed by atoms with Gasteiger partial charge in [-0.15, -0.1) is 0 Å². The van der Waals surface area contributed by atoms with E-state index in [1.807, 2.05) is 42.7 Å². The van der Waals surface area contributed by atoms with Gasteiger partial charge >= 0.3 is 0 Å². The summed E-state index contributed by atoms with van der Waals surface area (Å²) in [7, 11) is 0. The molecule has 0 spiro atoms. The number of fused-ring (bicyclic) bond motifs is 3. The van der Waals surface area contributed by atoms with E-state index >= 15 is 0 Å². The molecule has 0 saturated heterocycles. The first-order valence-electron chi connectivity index (χ1n) is 9.54. The van der Waals surface area contributed by atoms with Gasteiger partial charge in [-0.3, -0.25) is 4.98 Å². The highest BCUT2D eigenvalue weighted by molar-refractivity contribution is 6.11. The van der Waals surface area contributed by atoms with Crippen LogP contribution in [0, 0.1) is 0 Å². The first-order chi connectivity index (χ1) is 13.7. The Morgan fingerprint density at radius 3 is 2.50 bits per heavy atom. The smallest absolute Gasteiger partial charge is 0.227 e. The molecule has 0 aliphatic carbocycles. The molecule has 3 heterocycles. The van der Waals surface area contributed by atoms with E-state index in [2.05, 4.69) is 60.2 Å². The van der Waals surface area contributed by atoms with Crippen molar-refractivity contribution in [2.75, 3.05) is 0 Å². The molecule has 3 aromatic heterocycles. The minimum atomic E-state index is 0.452. The van der Waals surface area contributed by atoms with Gasteiger partial charge < -0.3 is 4.42 Å². The van der Waals surface area contributed by atoms with Crippen molar-refractivity contribution in [3.05, 3.63) is 84.7 Å². The Morgan fingerprint density at radius 2 is 1.68 bits per heavy atom. The fraction of sp³-hybridized carbons (Fsp3) is 0.120. The van der Waals surface area contributed by atoms with Gasteiger partial charge in [0.1, 0.15) is 5.58 Å². The summed E-state index contributed by atoms with van der Waals surface area (Å²) in [6.45, 7) is 4.39. The van der Waals surface area contributed by atoms with Crippen molar-refractivity contribution in [3.8, 4) is 22.4 Å². The molecule has 3 heteroatoms. The zero-order valence-electron chi connectivity index (χ0n) is 15.9. The summed E-state index contributed by atoms with van der Waals surface area (Å²) in [5.74, 6) is 0.452. The average Bonchev–Trinajstić information content (AvgIpc) is 3.12. The van der Waals surface area contributed by atoms with E-state index < -0.39 is 0 Å². The molecule has 5 aromatic rings. The van der Waals surface area contributed by atoms with Crippen molar-refractivity contribution in [2.24, 2.45) is 0 Å². The molecule has 0 fully saturated rings. The van der Waals surface area contributed by atoms with E-state index in [0.717, 1.165) is 38.7 Å². The molecule has 0 atom stereocenters. The Morgan fingerprint density at radius 1 is 0.821 bits per heavy atom. The molecule has 0 aliphatic rings. The Labute approximate surface area is 163 Å². The van der Waals surface area contributed by atoms with Crippen LogP contribution >= 0.6 is 0 Å². The Kier molecular flexibility index (Phi) is 3.94. The maximum absolute atomic E-state index is 6.04. The number of nitrogens with zero attached hydrogens (tertiary/aromatic N) is 2. The van der Waals surface area contributed by atoms with E-state index in [1.54, 1.807) is 0 Å². The minimum Gasteiger partial charge on any atom is -0.438 e. The van der Waals surface area contributed by atoms with Gasteiger partial charge in [0.05, 0.1) is 5.69 Å². The van der Waals surface area contributed by atoms with Crippen LogP contribution in [0.25, 0.3) is 44.5 Å². The van der Waals surface area contributed by atoms with Crippen LogP contribution < -0.4 is 0 Å². The lowest BCUT2D eigenvalue weighted by atomic mass is 9.98. The van der Waals surface area contributed by atoms with E-state index in [0.29, 0.717) is 11.6 Å². The van der Waals surface area contributed by atoms with Crippen molar-refractivity contribution in [1.29, 1.82) is 0 Å². The van der Waals surface area contributed by atoms with Crippen molar-refractivity contribution in [3.63, 3.8) is 0 Å². The molecule has 0 radical (unpaired) electrons. The number of hydrogen-bond donors (Lipinski definition) is 0. The first-order valence-corrected chi connectivity index (χ1v) is 9.54. The molecular weight excluding hydrogens is 344 g/mol. The van der Waals surface area contributed by atoms with Crippen LogP contribution in [0.15, 0.2) is 83.5 Å². The lowest BCUT2D eigenvalue weighted by Crippen LogP contribution is -1.91. The van der Waals surface area contributed by atoms with Crippen molar-refractivity contribution < 1.29 is 4.42 Å². The Balaban J connectivity index is 1.78. The number of furan rings is 1. The molecule has 0 amide bonds. The fourth-order valence-corrected chi connectivity index (χ4v) is 3.67. The zero-order valence-corrected chi connectivity index (χ0v) is 15.9. The fourth-order valence-electron chi connectivity index (χ4n) is 3.67. The highest BCUT2D eigenvalue weighted by Crippen LogP contribution is 2.37. The number of pyridine rings is 2. The first kappa shape index (κ1) is 16.7. The Hall–Kier alpha value is -3.46. The molecule has 2 aromatic carbocycles. The largest absolute Gasteiger partial charge is 0.438 e. The van der Waals surface area contributed by atoms with Crippen LogP contribution in [0.4, 0.5) is 0 Å². The molecule has 0 aliphatic heterocycles. The molecule has 0 bridgehead atoms. The summed E-state index contributed by atoms with van der Waals surface area (Å²) < 4.78 is 6.04. The number of rotatable bonds is 3. The van der Waals surface area contributed by atoms with E-state index in [4.69, 9.17) is 4.42 Å². The van der Waals surface area contributed by atoms with Gasteiger partial charge in [0.2, 0.25) is 5.71 Å². The van der Waals surface area contributed by atoms with Crippen LogP contribution in [-0.4, -0.2) is 9.97 Å². The maximum Gasteiger partial charge on any atom is 0.227 e. The molecule has 0 saturated carbocycles. The van der Waals surface area contributed by atoms with Gasteiger partial charge in [0.25, 0.3) is 0 Å². The molecule has 0 unspecified atom stereocenters.